The highest BCUT2D eigenvalue weighted by atomic mass is 19.4. The highest BCUT2D eigenvalue weighted by Gasteiger charge is 2.83. The quantitative estimate of drug-likeness (QED) is 0.394. The van der Waals surface area contributed by atoms with Gasteiger partial charge in [-0.15, -0.1) is 0 Å². The molecule has 1 heterocycles. The Hall–Kier alpha value is -1.43. The molecule has 4 nitrogen and oxygen atoms in total. The predicted octanol–water partition coefficient (Wildman–Crippen LogP) is 4.66. The number of alkyl halides is 8. The van der Waals surface area contributed by atoms with Gasteiger partial charge >= 0.3 is 30.0 Å². The van der Waals surface area contributed by atoms with Crippen LogP contribution in [0.2, 0.25) is 0 Å². The van der Waals surface area contributed by atoms with E-state index in [0.29, 0.717) is 6.42 Å². The van der Waals surface area contributed by atoms with Crippen LogP contribution in [0.15, 0.2) is 12.2 Å². The van der Waals surface area contributed by atoms with Gasteiger partial charge in [0.25, 0.3) is 0 Å². The van der Waals surface area contributed by atoms with Crippen molar-refractivity contribution in [3.8, 4) is 0 Å². The van der Waals surface area contributed by atoms with Crippen molar-refractivity contribution in [2.45, 2.75) is 81.2 Å². The van der Waals surface area contributed by atoms with E-state index in [2.05, 4.69) is 16.1 Å². The number of halogens is 8. The summed E-state index contributed by atoms with van der Waals surface area (Å²) in [4.78, 5) is 11.7. The number of hydrogen-bond acceptors (Lipinski definition) is 4. The van der Waals surface area contributed by atoms with E-state index in [1.54, 1.807) is 0 Å². The Morgan fingerprint density at radius 1 is 1.07 bits per heavy atom. The number of aliphatic hydroxyl groups is 1. The average molecular weight is 440 g/mol. The summed E-state index contributed by atoms with van der Waals surface area (Å²) in [5.74, 6) is -14.2. The van der Waals surface area contributed by atoms with Crippen molar-refractivity contribution in [2.24, 2.45) is 5.92 Å². The van der Waals surface area contributed by atoms with Gasteiger partial charge in [-0.2, -0.15) is 35.1 Å². The first-order chi connectivity index (χ1) is 13.0. The second-order valence-corrected chi connectivity index (χ2v) is 7.47. The van der Waals surface area contributed by atoms with Crippen LogP contribution in [0.25, 0.3) is 0 Å². The van der Waals surface area contributed by atoms with Crippen LogP contribution >= 0.6 is 0 Å². The summed E-state index contributed by atoms with van der Waals surface area (Å²) in [5, 5.41) is 9.78. The lowest BCUT2D eigenvalue weighted by atomic mass is 9.70. The Kier molecular flexibility index (Phi) is 6.06. The molecule has 1 saturated heterocycles. The first-order valence-electron chi connectivity index (χ1n) is 8.80. The van der Waals surface area contributed by atoms with Gasteiger partial charge in [-0.05, 0) is 25.7 Å². The van der Waals surface area contributed by atoms with Crippen molar-refractivity contribution in [3.05, 3.63) is 12.2 Å². The summed E-state index contributed by atoms with van der Waals surface area (Å²) < 4.78 is 120. The molecule has 0 aromatic carbocycles. The highest BCUT2D eigenvalue weighted by molar-refractivity contribution is 5.87. The molecule has 12 heteroatoms. The molecular weight excluding hydrogens is 420 g/mol. The summed E-state index contributed by atoms with van der Waals surface area (Å²) in [5.41, 5.74) is -4.29. The van der Waals surface area contributed by atoms with Crippen LogP contribution in [0.1, 0.15) is 45.4 Å². The van der Waals surface area contributed by atoms with Crippen molar-refractivity contribution in [1.29, 1.82) is 0 Å². The fourth-order valence-corrected chi connectivity index (χ4v) is 3.81. The monoisotopic (exact) mass is 440 g/mol. The zero-order valence-corrected chi connectivity index (χ0v) is 15.3. The average Bonchev–Trinajstić information content (AvgIpc) is 2.57. The van der Waals surface area contributed by atoms with E-state index >= 15 is 0 Å². The van der Waals surface area contributed by atoms with Gasteiger partial charge in [-0.3, -0.25) is 0 Å². The van der Waals surface area contributed by atoms with Gasteiger partial charge in [0.05, 0.1) is 0 Å². The lowest BCUT2D eigenvalue weighted by Crippen LogP contribution is -2.76. The molecule has 1 saturated carbocycles. The lowest BCUT2D eigenvalue weighted by molar-refractivity contribution is -0.511. The molecule has 2 aliphatic rings. The van der Waals surface area contributed by atoms with Crippen molar-refractivity contribution in [1.82, 2.24) is 0 Å². The van der Waals surface area contributed by atoms with Crippen molar-refractivity contribution in [3.63, 3.8) is 0 Å². The lowest BCUT2D eigenvalue weighted by Gasteiger charge is -2.55. The molecule has 0 radical (unpaired) electrons. The summed E-state index contributed by atoms with van der Waals surface area (Å²) in [7, 11) is 0. The maximum absolute atomic E-state index is 14.6. The third-order valence-electron chi connectivity index (χ3n) is 5.40. The molecule has 1 aliphatic carbocycles. The maximum atomic E-state index is 14.6. The fraction of sp³-hybridized carbons (Fsp3) is 0.824. The number of hydrogen-bond donors (Lipinski definition) is 1. The van der Waals surface area contributed by atoms with Gasteiger partial charge in [0.15, 0.2) is 11.7 Å². The van der Waals surface area contributed by atoms with Gasteiger partial charge in [-0.25, -0.2) is 4.79 Å². The Labute approximate surface area is 160 Å². The van der Waals surface area contributed by atoms with Crippen molar-refractivity contribution < 1.29 is 54.5 Å². The molecule has 168 valence electrons. The van der Waals surface area contributed by atoms with Gasteiger partial charge in [0.2, 0.25) is 0 Å². The molecule has 0 aromatic rings. The van der Waals surface area contributed by atoms with E-state index in [4.69, 9.17) is 0 Å². The Morgan fingerprint density at radius 2 is 1.59 bits per heavy atom. The second kappa shape index (κ2) is 7.36. The summed E-state index contributed by atoms with van der Waals surface area (Å²) >= 11 is 0. The van der Waals surface area contributed by atoms with Gasteiger partial charge in [-0.1, -0.05) is 25.8 Å². The summed E-state index contributed by atoms with van der Waals surface area (Å²) in [6, 6.07) is 0. The van der Waals surface area contributed by atoms with Crippen LogP contribution in [-0.2, 0) is 14.3 Å². The third-order valence-corrected chi connectivity index (χ3v) is 5.40. The minimum Gasteiger partial charge on any atom is -0.452 e. The van der Waals surface area contributed by atoms with Crippen LogP contribution in [0.3, 0.4) is 0 Å². The second-order valence-electron chi connectivity index (χ2n) is 7.47. The molecular formula is C17H20F8O4. The van der Waals surface area contributed by atoms with Crippen LogP contribution in [-0.4, -0.2) is 46.8 Å². The summed E-state index contributed by atoms with van der Waals surface area (Å²) in [6.07, 6.45) is -16.5. The zero-order chi connectivity index (χ0) is 22.5. The Balaban J connectivity index is 2.65. The fourth-order valence-electron chi connectivity index (χ4n) is 3.81. The maximum Gasteiger partial charge on any atom is 0.449 e. The van der Waals surface area contributed by atoms with Crippen LogP contribution < -0.4 is 0 Å². The number of carbonyl (C=O) groups is 1. The number of ether oxygens (including phenoxy) is 2. The predicted molar refractivity (Wildman–Crippen MR) is 81.7 cm³/mol. The van der Waals surface area contributed by atoms with Crippen molar-refractivity contribution in [2.75, 3.05) is 0 Å². The minimum absolute atomic E-state index is 0.211. The third kappa shape index (κ3) is 3.85. The Bertz CT molecular complexity index is 653. The molecule has 0 aromatic heterocycles. The van der Waals surface area contributed by atoms with Crippen LogP contribution in [0.5, 0.6) is 0 Å². The first kappa shape index (κ1) is 23.8. The van der Waals surface area contributed by atoms with E-state index in [-0.39, 0.29) is 25.7 Å². The number of rotatable bonds is 3. The standard InChI is InChI=1S/C17H20F8O4/c1-9(2)12(26)28-11-8-13(16(20,21)22,10-6-4-3-5-7-10)29-15(27,14(11,18)19)17(23,24)25/h10-11,27H,1,3-8H2,2H3. The molecule has 2 fully saturated rings. The van der Waals surface area contributed by atoms with E-state index in [0.717, 1.165) is 6.92 Å². The zero-order valence-electron chi connectivity index (χ0n) is 15.3. The topological polar surface area (TPSA) is 55.8 Å². The van der Waals surface area contributed by atoms with Crippen LogP contribution in [0.4, 0.5) is 35.1 Å². The van der Waals surface area contributed by atoms with Crippen LogP contribution in [0, 0.1) is 5.92 Å². The van der Waals surface area contributed by atoms with E-state index in [9.17, 15) is 45.0 Å². The largest absolute Gasteiger partial charge is 0.452 e. The molecule has 1 aliphatic heterocycles. The molecule has 1 N–H and O–H groups in total. The number of esters is 1. The molecule has 29 heavy (non-hydrogen) atoms. The van der Waals surface area contributed by atoms with E-state index < -0.39 is 59.6 Å². The van der Waals surface area contributed by atoms with Gasteiger partial charge in [0.1, 0.15) is 0 Å². The molecule has 0 amide bonds. The molecule has 2 rings (SSSR count). The van der Waals surface area contributed by atoms with E-state index in [1.165, 1.54) is 0 Å². The molecule has 3 atom stereocenters. The first-order valence-corrected chi connectivity index (χ1v) is 8.80. The number of carbonyl (C=O) groups excluding carboxylic acids is 1. The van der Waals surface area contributed by atoms with E-state index in [1.807, 2.05) is 0 Å². The van der Waals surface area contributed by atoms with Gasteiger partial charge < -0.3 is 14.6 Å². The smallest absolute Gasteiger partial charge is 0.449 e. The van der Waals surface area contributed by atoms with Crippen molar-refractivity contribution >= 4 is 5.97 Å². The highest BCUT2D eigenvalue weighted by Crippen LogP contribution is 2.60. The minimum atomic E-state index is -6.31. The summed E-state index contributed by atoms with van der Waals surface area (Å²) in [6.45, 7) is 4.05. The SMILES string of the molecule is C=C(C)C(=O)OC1CC(C2CCCCC2)(C(F)(F)F)OC(O)(C(F)(F)F)C1(F)F. The Morgan fingerprint density at radius 3 is 2.00 bits per heavy atom. The molecule has 3 unspecified atom stereocenters. The normalized spacial score (nSPS) is 33.9. The molecule has 0 spiro atoms. The molecule has 0 bridgehead atoms. The van der Waals surface area contributed by atoms with Gasteiger partial charge in [0, 0.05) is 12.0 Å².